The highest BCUT2D eigenvalue weighted by molar-refractivity contribution is 7.17. The van der Waals surface area contributed by atoms with Gasteiger partial charge in [0.25, 0.3) is 0 Å². The van der Waals surface area contributed by atoms with Crippen molar-refractivity contribution in [1.82, 2.24) is 0 Å². The average Bonchev–Trinajstić information content (AvgIpc) is 2.61. The van der Waals surface area contributed by atoms with E-state index in [-0.39, 0.29) is 0 Å². The second-order valence-electron chi connectivity index (χ2n) is 3.09. The standard InChI is InChI=1S/C11H7NOS/c1-7-2-8(5-13)3-10-11(7)9(4-12)6-14-10/h2-3,5-6H,1H3. The smallest absolute Gasteiger partial charge is 0.150 e. The number of fused-ring (bicyclic) bond motifs is 1. The summed E-state index contributed by atoms with van der Waals surface area (Å²) in [5.41, 5.74) is 2.35. The van der Waals surface area contributed by atoms with Gasteiger partial charge in [-0.1, -0.05) is 0 Å². The van der Waals surface area contributed by atoms with Crippen molar-refractivity contribution >= 4 is 27.7 Å². The van der Waals surface area contributed by atoms with Crippen LogP contribution in [0.4, 0.5) is 0 Å². The number of hydrogen-bond acceptors (Lipinski definition) is 3. The highest BCUT2D eigenvalue weighted by Gasteiger charge is 2.07. The van der Waals surface area contributed by atoms with Gasteiger partial charge in [0.05, 0.1) is 5.56 Å². The second-order valence-corrected chi connectivity index (χ2v) is 4.00. The van der Waals surface area contributed by atoms with Crippen LogP contribution in [0.5, 0.6) is 0 Å². The molecular formula is C11H7NOS. The van der Waals surface area contributed by atoms with E-state index in [1.165, 1.54) is 11.3 Å². The van der Waals surface area contributed by atoms with Crippen LogP contribution in [0.1, 0.15) is 21.5 Å². The van der Waals surface area contributed by atoms with Crippen LogP contribution < -0.4 is 0 Å². The summed E-state index contributed by atoms with van der Waals surface area (Å²) in [6.07, 6.45) is 0.832. The summed E-state index contributed by atoms with van der Waals surface area (Å²) in [7, 11) is 0. The SMILES string of the molecule is Cc1cc(C=O)cc2scc(C#N)c12. The molecule has 3 heteroatoms. The Morgan fingerprint density at radius 2 is 2.29 bits per heavy atom. The molecule has 0 fully saturated rings. The topological polar surface area (TPSA) is 40.9 Å². The Hall–Kier alpha value is -1.66. The Kier molecular flexibility index (Phi) is 2.06. The van der Waals surface area contributed by atoms with Crippen LogP contribution in [0.3, 0.4) is 0 Å². The largest absolute Gasteiger partial charge is 0.298 e. The maximum absolute atomic E-state index is 10.6. The zero-order valence-electron chi connectivity index (χ0n) is 7.57. The van der Waals surface area contributed by atoms with Crippen molar-refractivity contribution in [1.29, 1.82) is 5.26 Å². The zero-order valence-corrected chi connectivity index (χ0v) is 8.39. The predicted octanol–water partition coefficient (Wildman–Crippen LogP) is 2.89. The Labute approximate surface area is 85.4 Å². The minimum absolute atomic E-state index is 0.668. The van der Waals surface area contributed by atoms with Crippen LogP contribution in [-0.2, 0) is 0 Å². The van der Waals surface area contributed by atoms with E-state index in [2.05, 4.69) is 6.07 Å². The van der Waals surface area contributed by atoms with Crippen LogP contribution >= 0.6 is 11.3 Å². The number of carbonyl (C=O) groups is 1. The van der Waals surface area contributed by atoms with Crippen LogP contribution in [0, 0.1) is 18.3 Å². The third-order valence-corrected chi connectivity index (χ3v) is 3.08. The summed E-state index contributed by atoms with van der Waals surface area (Å²) in [5, 5.41) is 11.7. The van der Waals surface area contributed by atoms with Crippen LogP contribution in [0.2, 0.25) is 0 Å². The van der Waals surface area contributed by atoms with Gasteiger partial charge in [-0.15, -0.1) is 11.3 Å². The van der Waals surface area contributed by atoms with Crippen molar-refractivity contribution in [3.63, 3.8) is 0 Å². The molecule has 0 amide bonds. The normalized spacial score (nSPS) is 10.0. The van der Waals surface area contributed by atoms with Crippen LogP contribution in [-0.4, -0.2) is 6.29 Å². The summed E-state index contributed by atoms with van der Waals surface area (Å²) in [4.78, 5) is 10.6. The number of nitrogens with zero attached hydrogens (tertiary/aromatic N) is 1. The van der Waals surface area contributed by atoms with Gasteiger partial charge in [0.15, 0.2) is 0 Å². The Morgan fingerprint density at radius 1 is 1.50 bits per heavy atom. The number of hydrogen-bond donors (Lipinski definition) is 0. The first kappa shape index (κ1) is 8.92. The highest BCUT2D eigenvalue weighted by atomic mass is 32.1. The van der Waals surface area contributed by atoms with Crippen molar-refractivity contribution in [3.8, 4) is 6.07 Å². The monoisotopic (exact) mass is 201 g/mol. The molecule has 2 rings (SSSR count). The van der Waals surface area contributed by atoms with Gasteiger partial charge < -0.3 is 0 Å². The first-order valence-corrected chi connectivity index (χ1v) is 5.01. The van der Waals surface area contributed by atoms with Gasteiger partial charge in [-0.2, -0.15) is 5.26 Å². The molecule has 2 nitrogen and oxygen atoms in total. The van der Waals surface area contributed by atoms with Crippen molar-refractivity contribution in [2.75, 3.05) is 0 Å². The summed E-state index contributed by atoms with van der Waals surface area (Å²) in [6, 6.07) is 5.78. The molecule has 0 aliphatic rings. The summed E-state index contributed by atoms with van der Waals surface area (Å²) < 4.78 is 1.00. The van der Waals surface area contributed by atoms with E-state index in [1.807, 2.05) is 24.4 Å². The van der Waals surface area contributed by atoms with Crippen molar-refractivity contribution in [2.45, 2.75) is 6.92 Å². The van der Waals surface area contributed by atoms with E-state index >= 15 is 0 Å². The number of thiophene rings is 1. The van der Waals surface area contributed by atoms with Crippen molar-refractivity contribution in [2.24, 2.45) is 0 Å². The Bertz CT molecular complexity index is 548. The molecule has 0 saturated carbocycles. The molecule has 0 aliphatic carbocycles. The number of benzene rings is 1. The lowest BCUT2D eigenvalue weighted by molar-refractivity contribution is 0.112. The molecule has 0 saturated heterocycles. The fraction of sp³-hybridized carbons (Fsp3) is 0.0909. The van der Waals surface area contributed by atoms with E-state index in [0.717, 1.165) is 21.9 Å². The first-order chi connectivity index (χ1) is 6.76. The fourth-order valence-electron chi connectivity index (χ4n) is 1.55. The number of carbonyl (C=O) groups excluding carboxylic acids is 1. The molecule has 0 radical (unpaired) electrons. The highest BCUT2D eigenvalue weighted by Crippen LogP contribution is 2.29. The van der Waals surface area contributed by atoms with Crippen molar-refractivity contribution < 1.29 is 4.79 Å². The van der Waals surface area contributed by atoms with Gasteiger partial charge in [0, 0.05) is 21.0 Å². The molecule has 1 heterocycles. The molecule has 1 aromatic carbocycles. The van der Waals surface area contributed by atoms with Gasteiger partial charge in [0.2, 0.25) is 0 Å². The lowest BCUT2D eigenvalue weighted by atomic mass is 10.1. The van der Waals surface area contributed by atoms with Gasteiger partial charge in [0.1, 0.15) is 12.4 Å². The third kappa shape index (κ3) is 1.21. The summed E-state index contributed by atoms with van der Waals surface area (Å²) in [6.45, 7) is 1.92. The molecule has 1 aromatic heterocycles. The second kappa shape index (κ2) is 3.24. The fourth-order valence-corrected chi connectivity index (χ4v) is 2.56. The molecule has 0 bridgehead atoms. The molecular weight excluding hydrogens is 194 g/mol. The minimum Gasteiger partial charge on any atom is -0.298 e. The molecule has 0 atom stereocenters. The quantitative estimate of drug-likeness (QED) is 0.665. The lowest BCUT2D eigenvalue weighted by Crippen LogP contribution is -1.83. The molecule has 0 N–H and O–H groups in total. The zero-order chi connectivity index (χ0) is 10.1. The van der Waals surface area contributed by atoms with Crippen LogP contribution in [0.15, 0.2) is 17.5 Å². The van der Waals surface area contributed by atoms with Crippen LogP contribution in [0.25, 0.3) is 10.1 Å². The number of aldehydes is 1. The Balaban J connectivity index is 2.87. The molecule has 2 aromatic rings. The van der Waals surface area contributed by atoms with E-state index in [0.29, 0.717) is 11.1 Å². The first-order valence-electron chi connectivity index (χ1n) is 4.13. The molecule has 0 spiro atoms. The summed E-state index contributed by atoms with van der Waals surface area (Å²) in [5.74, 6) is 0. The molecule has 0 unspecified atom stereocenters. The molecule has 68 valence electrons. The molecule has 14 heavy (non-hydrogen) atoms. The van der Waals surface area contributed by atoms with Gasteiger partial charge >= 0.3 is 0 Å². The number of rotatable bonds is 1. The average molecular weight is 201 g/mol. The predicted molar refractivity (Wildman–Crippen MR) is 56.7 cm³/mol. The number of nitriles is 1. The van der Waals surface area contributed by atoms with E-state index in [9.17, 15) is 4.79 Å². The number of aryl methyl sites for hydroxylation is 1. The molecule has 0 aliphatic heterocycles. The lowest BCUT2D eigenvalue weighted by Gasteiger charge is -1.98. The van der Waals surface area contributed by atoms with Gasteiger partial charge in [-0.25, -0.2) is 0 Å². The third-order valence-electron chi connectivity index (χ3n) is 2.15. The summed E-state index contributed by atoms with van der Waals surface area (Å²) >= 11 is 1.50. The van der Waals surface area contributed by atoms with E-state index in [4.69, 9.17) is 5.26 Å². The van der Waals surface area contributed by atoms with Gasteiger partial charge in [-0.05, 0) is 24.6 Å². The minimum atomic E-state index is 0.668. The van der Waals surface area contributed by atoms with E-state index in [1.54, 1.807) is 0 Å². The van der Waals surface area contributed by atoms with Gasteiger partial charge in [-0.3, -0.25) is 4.79 Å². The maximum Gasteiger partial charge on any atom is 0.150 e. The maximum atomic E-state index is 10.6. The van der Waals surface area contributed by atoms with Crippen molar-refractivity contribution in [3.05, 3.63) is 34.2 Å². The Morgan fingerprint density at radius 3 is 2.93 bits per heavy atom. The van der Waals surface area contributed by atoms with E-state index < -0.39 is 0 Å².